The molecule has 7 heteroatoms. The number of anilines is 1. The maximum atomic E-state index is 11.0. The number of hydrogen-bond donors (Lipinski definition) is 1. The van der Waals surface area contributed by atoms with E-state index in [1.807, 2.05) is 0 Å². The molecule has 0 aliphatic carbocycles. The summed E-state index contributed by atoms with van der Waals surface area (Å²) < 4.78 is 4.90. The van der Waals surface area contributed by atoms with Crippen LogP contribution in [0.2, 0.25) is 0 Å². The first-order chi connectivity index (χ1) is 10.1. The summed E-state index contributed by atoms with van der Waals surface area (Å²) in [5, 5.41) is 14.0. The van der Waals surface area contributed by atoms with E-state index in [9.17, 15) is 10.1 Å². The zero-order valence-corrected chi connectivity index (χ0v) is 13.0. The van der Waals surface area contributed by atoms with Gasteiger partial charge in [-0.25, -0.2) is 4.98 Å². The second-order valence-corrected chi connectivity index (χ2v) is 5.36. The van der Waals surface area contributed by atoms with Gasteiger partial charge in [-0.05, 0) is 12.3 Å². The number of ether oxygens (including phenoxy) is 1. The number of rotatable bonds is 10. The lowest BCUT2D eigenvalue weighted by Gasteiger charge is -2.08. The van der Waals surface area contributed by atoms with Gasteiger partial charge in [-0.3, -0.25) is 10.1 Å². The Labute approximate surface area is 125 Å². The van der Waals surface area contributed by atoms with E-state index in [-0.39, 0.29) is 17.4 Å². The van der Waals surface area contributed by atoms with Crippen LogP contribution >= 0.6 is 0 Å². The van der Waals surface area contributed by atoms with Crippen LogP contribution < -0.4 is 10.1 Å². The lowest BCUT2D eigenvalue weighted by Crippen LogP contribution is -2.08. The SMILES string of the molecule is COc1ncnc(NCCCCCCC(C)C)c1[N+](=O)[O-]. The number of methoxy groups -OCH3 is 1. The minimum atomic E-state index is -0.524. The Hall–Kier alpha value is -1.92. The molecule has 21 heavy (non-hydrogen) atoms. The summed E-state index contributed by atoms with van der Waals surface area (Å²) in [5.41, 5.74) is -0.209. The van der Waals surface area contributed by atoms with Crippen molar-refractivity contribution in [2.24, 2.45) is 5.92 Å². The van der Waals surface area contributed by atoms with Gasteiger partial charge in [-0.2, -0.15) is 4.98 Å². The number of hydrogen-bond acceptors (Lipinski definition) is 6. The van der Waals surface area contributed by atoms with Gasteiger partial charge in [0.1, 0.15) is 6.33 Å². The van der Waals surface area contributed by atoms with E-state index in [2.05, 4.69) is 29.1 Å². The van der Waals surface area contributed by atoms with Crippen molar-refractivity contribution in [2.45, 2.75) is 46.0 Å². The van der Waals surface area contributed by atoms with Crippen molar-refractivity contribution in [2.75, 3.05) is 19.0 Å². The van der Waals surface area contributed by atoms with Gasteiger partial charge >= 0.3 is 5.69 Å². The smallest absolute Gasteiger partial charge is 0.372 e. The molecule has 1 N–H and O–H groups in total. The molecule has 0 radical (unpaired) electrons. The van der Waals surface area contributed by atoms with Crippen LogP contribution in [-0.2, 0) is 0 Å². The van der Waals surface area contributed by atoms with Gasteiger partial charge in [0, 0.05) is 6.54 Å². The highest BCUT2D eigenvalue weighted by molar-refractivity contribution is 5.60. The van der Waals surface area contributed by atoms with Crippen molar-refractivity contribution in [3.05, 3.63) is 16.4 Å². The first-order valence-electron chi connectivity index (χ1n) is 7.33. The first-order valence-corrected chi connectivity index (χ1v) is 7.33. The van der Waals surface area contributed by atoms with Crippen LogP contribution in [0.1, 0.15) is 46.0 Å². The fourth-order valence-electron chi connectivity index (χ4n) is 2.04. The fraction of sp³-hybridized carbons (Fsp3) is 0.714. The third-order valence-electron chi connectivity index (χ3n) is 3.17. The van der Waals surface area contributed by atoms with Gasteiger partial charge in [0.15, 0.2) is 0 Å². The molecule has 0 saturated heterocycles. The molecular formula is C14H24N4O3. The molecule has 0 unspecified atom stereocenters. The summed E-state index contributed by atoms with van der Waals surface area (Å²) in [4.78, 5) is 18.2. The molecule has 0 aromatic carbocycles. The topological polar surface area (TPSA) is 90.2 Å². The molecule has 0 aliphatic heterocycles. The third-order valence-corrected chi connectivity index (χ3v) is 3.17. The Morgan fingerprint density at radius 3 is 2.62 bits per heavy atom. The minimum absolute atomic E-state index is 0.0190. The molecule has 0 fully saturated rings. The van der Waals surface area contributed by atoms with E-state index >= 15 is 0 Å². The monoisotopic (exact) mass is 296 g/mol. The van der Waals surface area contributed by atoms with Crippen LogP contribution in [-0.4, -0.2) is 28.5 Å². The molecule has 1 aromatic rings. The summed E-state index contributed by atoms with van der Waals surface area (Å²) in [6.45, 7) is 5.11. The highest BCUT2D eigenvalue weighted by atomic mass is 16.6. The fourth-order valence-corrected chi connectivity index (χ4v) is 2.04. The quantitative estimate of drug-likeness (QED) is 0.404. The number of unbranched alkanes of at least 4 members (excludes halogenated alkanes) is 3. The van der Waals surface area contributed by atoms with Crippen LogP contribution in [0.4, 0.5) is 11.5 Å². The lowest BCUT2D eigenvalue weighted by atomic mass is 10.0. The zero-order chi connectivity index (χ0) is 15.7. The summed E-state index contributed by atoms with van der Waals surface area (Å²) in [7, 11) is 1.35. The van der Waals surface area contributed by atoms with Gasteiger partial charge in [-0.1, -0.05) is 39.5 Å². The number of nitrogens with zero attached hydrogens (tertiary/aromatic N) is 3. The second-order valence-electron chi connectivity index (χ2n) is 5.36. The molecule has 0 spiro atoms. The molecule has 1 rings (SSSR count). The lowest BCUT2D eigenvalue weighted by molar-refractivity contribution is -0.385. The van der Waals surface area contributed by atoms with E-state index in [1.54, 1.807) is 0 Å². The summed E-state index contributed by atoms with van der Waals surface area (Å²) in [6, 6.07) is 0. The first kappa shape index (κ1) is 17.1. The van der Waals surface area contributed by atoms with E-state index in [1.165, 1.54) is 32.7 Å². The van der Waals surface area contributed by atoms with E-state index < -0.39 is 4.92 Å². The Bertz CT molecular complexity index is 452. The number of nitro groups is 1. The molecule has 118 valence electrons. The van der Waals surface area contributed by atoms with Crippen LogP contribution in [0.25, 0.3) is 0 Å². The summed E-state index contributed by atoms with van der Waals surface area (Å²) in [5.74, 6) is 0.947. The van der Waals surface area contributed by atoms with E-state index in [0.717, 1.165) is 18.8 Å². The number of aromatic nitrogens is 2. The van der Waals surface area contributed by atoms with Crippen molar-refractivity contribution in [3.63, 3.8) is 0 Å². The summed E-state index contributed by atoms with van der Waals surface area (Å²) >= 11 is 0. The van der Waals surface area contributed by atoms with E-state index in [4.69, 9.17) is 4.74 Å². The van der Waals surface area contributed by atoms with Gasteiger partial charge in [0.25, 0.3) is 5.88 Å². The number of nitrogens with one attached hydrogen (secondary N) is 1. The van der Waals surface area contributed by atoms with Gasteiger partial charge < -0.3 is 10.1 Å². The van der Waals surface area contributed by atoms with Gasteiger partial charge in [0.2, 0.25) is 5.82 Å². The molecule has 0 atom stereocenters. The molecule has 1 heterocycles. The molecule has 0 amide bonds. The largest absolute Gasteiger partial charge is 0.476 e. The van der Waals surface area contributed by atoms with Crippen molar-refractivity contribution < 1.29 is 9.66 Å². The maximum Gasteiger partial charge on any atom is 0.372 e. The normalized spacial score (nSPS) is 10.7. The zero-order valence-electron chi connectivity index (χ0n) is 13.0. The van der Waals surface area contributed by atoms with Crippen molar-refractivity contribution in [1.29, 1.82) is 0 Å². The molecular weight excluding hydrogens is 272 g/mol. The van der Waals surface area contributed by atoms with Gasteiger partial charge in [0.05, 0.1) is 12.0 Å². The van der Waals surface area contributed by atoms with Crippen molar-refractivity contribution in [3.8, 4) is 5.88 Å². The Kier molecular flexibility index (Phi) is 7.42. The third kappa shape index (κ3) is 5.93. The summed E-state index contributed by atoms with van der Waals surface area (Å²) in [6.07, 6.45) is 7.00. The van der Waals surface area contributed by atoms with Crippen molar-refractivity contribution in [1.82, 2.24) is 9.97 Å². The standard InChI is InChI=1S/C14H24N4O3/c1-11(2)8-6-4-5-7-9-15-13-12(18(19)20)14(21-3)17-10-16-13/h10-11H,4-9H2,1-3H3,(H,15,16,17). The Balaban J connectivity index is 2.40. The average Bonchev–Trinajstić information content (AvgIpc) is 2.45. The molecule has 1 aromatic heterocycles. The highest BCUT2D eigenvalue weighted by Gasteiger charge is 2.23. The van der Waals surface area contributed by atoms with E-state index in [0.29, 0.717) is 6.54 Å². The van der Waals surface area contributed by atoms with Crippen LogP contribution in [0, 0.1) is 16.0 Å². The minimum Gasteiger partial charge on any atom is -0.476 e. The van der Waals surface area contributed by atoms with Gasteiger partial charge in [-0.15, -0.1) is 0 Å². The maximum absolute atomic E-state index is 11.0. The molecule has 7 nitrogen and oxygen atoms in total. The van der Waals surface area contributed by atoms with Crippen molar-refractivity contribution >= 4 is 11.5 Å². The molecule has 0 aliphatic rings. The Morgan fingerprint density at radius 1 is 1.29 bits per heavy atom. The second kappa shape index (κ2) is 9.10. The van der Waals surface area contributed by atoms with Crippen LogP contribution in [0.15, 0.2) is 6.33 Å². The molecule has 0 saturated carbocycles. The van der Waals surface area contributed by atoms with Crippen LogP contribution in [0.3, 0.4) is 0 Å². The molecule has 0 bridgehead atoms. The Morgan fingerprint density at radius 2 is 2.00 bits per heavy atom. The van der Waals surface area contributed by atoms with Crippen LogP contribution in [0.5, 0.6) is 5.88 Å². The predicted molar refractivity (Wildman–Crippen MR) is 81.7 cm³/mol. The average molecular weight is 296 g/mol. The highest BCUT2D eigenvalue weighted by Crippen LogP contribution is 2.30. The predicted octanol–water partition coefficient (Wildman–Crippen LogP) is 3.41.